The van der Waals surface area contributed by atoms with Crippen LogP contribution in [0.1, 0.15) is 0 Å². The smallest absolute Gasteiger partial charge is 0.262 e. The number of carbonyl (C=O) groups excluding carboxylic acids is 1. The van der Waals surface area contributed by atoms with Crippen molar-refractivity contribution in [2.75, 3.05) is 48.9 Å². The minimum absolute atomic E-state index is 0.0465. The van der Waals surface area contributed by atoms with Gasteiger partial charge in [0.25, 0.3) is 5.91 Å². The van der Waals surface area contributed by atoms with E-state index in [4.69, 9.17) is 15.2 Å². The molecular formula is C18H21N3O3. The van der Waals surface area contributed by atoms with Crippen molar-refractivity contribution in [3.8, 4) is 5.75 Å². The Hall–Kier alpha value is -2.73. The number of benzene rings is 2. The van der Waals surface area contributed by atoms with Crippen molar-refractivity contribution >= 4 is 23.0 Å². The molecule has 1 amide bonds. The molecule has 1 heterocycles. The molecule has 0 unspecified atom stereocenters. The van der Waals surface area contributed by atoms with Crippen molar-refractivity contribution in [2.45, 2.75) is 0 Å². The Balaban J connectivity index is 1.57. The third kappa shape index (κ3) is 4.17. The molecule has 2 aromatic rings. The van der Waals surface area contributed by atoms with Crippen molar-refractivity contribution in [3.63, 3.8) is 0 Å². The molecule has 6 heteroatoms. The minimum Gasteiger partial charge on any atom is -0.484 e. The summed E-state index contributed by atoms with van der Waals surface area (Å²) in [6.45, 7) is 3.00. The summed E-state index contributed by atoms with van der Waals surface area (Å²) in [4.78, 5) is 14.2. The number of ether oxygens (including phenoxy) is 2. The van der Waals surface area contributed by atoms with Gasteiger partial charge in [0.05, 0.1) is 24.6 Å². The van der Waals surface area contributed by atoms with Gasteiger partial charge in [0, 0.05) is 18.8 Å². The lowest BCUT2D eigenvalue weighted by Gasteiger charge is -2.30. The number of para-hydroxylation sites is 1. The third-order valence-corrected chi connectivity index (χ3v) is 3.78. The quantitative estimate of drug-likeness (QED) is 0.823. The topological polar surface area (TPSA) is 76.8 Å². The first kappa shape index (κ1) is 16.1. The molecule has 1 aliphatic rings. The Bertz CT molecular complexity index is 685. The van der Waals surface area contributed by atoms with E-state index in [9.17, 15) is 4.79 Å². The molecule has 0 aromatic heterocycles. The van der Waals surface area contributed by atoms with E-state index in [2.05, 4.69) is 10.2 Å². The Labute approximate surface area is 141 Å². The zero-order chi connectivity index (χ0) is 16.8. The van der Waals surface area contributed by atoms with Crippen LogP contribution in [0.15, 0.2) is 48.5 Å². The van der Waals surface area contributed by atoms with Gasteiger partial charge in [-0.05, 0) is 30.3 Å². The molecule has 3 rings (SSSR count). The fraction of sp³-hybridized carbons (Fsp3) is 0.278. The van der Waals surface area contributed by atoms with E-state index in [1.807, 2.05) is 42.5 Å². The van der Waals surface area contributed by atoms with Gasteiger partial charge in [-0.2, -0.15) is 0 Å². The van der Waals surface area contributed by atoms with Crippen LogP contribution in [0, 0.1) is 0 Å². The van der Waals surface area contributed by atoms with Crippen molar-refractivity contribution in [1.82, 2.24) is 0 Å². The average molecular weight is 327 g/mol. The van der Waals surface area contributed by atoms with Crippen LogP contribution in [-0.2, 0) is 9.53 Å². The molecule has 0 atom stereocenters. The van der Waals surface area contributed by atoms with E-state index < -0.39 is 0 Å². The number of nitrogen functional groups attached to an aromatic ring is 1. The molecule has 3 N–H and O–H groups in total. The van der Waals surface area contributed by atoms with Crippen LogP contribution in [0.2, 0.25) is 0 Å². The van der Waals surface area contributed by atoms with Crippen LogP contribution in [0.3, 0.4) is 0 Å². The van der Waals surface area contributed by atoms with E-state index in [1.54, 1.807) is 6.07 Å². The predicted molar refractivity (Wildman–Crippen MR) is 94.5 cm³/mol. The van der Waals surface area contributed by atoms with Crippen molar-refractivity contribution in [1.29, 1.82) is 0 Å². The first-order chi connectivity index (χ1) is 11.7. The van der Waals surface area contributed by atoms with E-state index in [0.29, 0.717) is 30.3 Å². The van der Waals surface area contributed by atoms with Gasteiger partial charge in [-0.3, -0.25) is 4.79 Å². The Kier molecular flexibility index (Phi) is 5.18. The standard InChI is InChI=1S/C18H21N3O3/c19-16-12-14(6-7-17(16)21-8-10-23-11-9-21)20-18(22)13-24-15-4-2-1-3-5-15/h1-7,12H,8-11,13,19H2,(H,20,22). The molecule has 2 aromatic carbocycles. The molecular weight excluding hydrogens is 306 g/mol. The summed E-state index contributed by atoms with van der Waals surface area (Å²) in [6.07, 6.45) is 0. The Morgan fingerprint density at radius 2 is 1.92 bits per heavy atom. The van der Waals surface area contributed by atoms with E-state index in [1.165, 1.54) is 0 Å². The van der Waals surface area contributed by atoms with Gasteiger partial charge in [0.2, 0.25) is 0 Å². The maximum Gasteiger partial charge on any atom is 0.262 e. The van der Waals surface area contributed by atoms with Gasteiger partial charge in [-0.1, -0.05) is 18.2 Å². The van der Waals surface area contributed by atoms with E-state index in [0.717, 1.165) is 18.8 Å². The first-order valence-electron chi connectivity index (χ1n) is 7.92. The van der Waals surface area contributed by atoms with Crippen LogP contribution in [-0.4, -0.2) is 38.8 Å². The molecule has 126 valence electrons. The zero-order valence-corrected chi connectivity index (χ0v) is 13.4. The molecule has 0 bridgehead atoms. The van der Waals surface area contributed by atoms with Gasteiger partial charge in [0.1, 0.15) is 5.75 Å². The minimum atomic E-state index is -0.225. The van der Waals surface area contributed by atoms with Crippen LogP contribution in [0.5, 0.6) is 5.75 Å². The first-order valence-corrected chi connectivity index (χ1v) is 7.92. The highest BCUT2D eigenvalue weighted by atomic mass is 16.5. The lowest BCUT2D eigenvalue weighted by molar-refractivity contribution is -0.118. The molecule has 1 saturated heterocycles. The van der Waals surface area contributed by atoms with E-state index in [-0.39, 0.29) is 12.5 Å². The number of nitrogens with zero attached hydrogens (tertiary/aromatic N) is 1. The second-order valence-corrected chi connectivity index (χ2v) is 5.52. The van der Waals surface area contributed by atoms with Crippen molar-refractivity contribution in [2.24, 2.45) is 0 Å². The number of carbonyl (C=O) groups is 1. The summed E-state index contributed by atoms with van der Waals surface area (Å²) >= 11 is 0. The SMILES string of the molecule is Nc1cc(NC(=O)COc2ccccc2)ccc1N1CCOCC1. The highest BCUT2D eigenvalue weighted by molar-refractivity contribution is 5.93. The van der Waals surface area contributed by atoms with Gasteiger partial charge in [-0.25, -0.2) is 0 Å². The van der Waals surface area contributed by atoms with Gasteiger partial charge >= 0.3 is 0 Å². The molecule has 0 aliphatic carbocycles. The van der Waals surface area contributed by atoms with Crippen LogP contribution in [0.4, 0.5) is 17.1 Å². The molecule has 0 radical (unpaired) electrons. The second kappa shape index (κ2) is 7.70. The van der Waals surface area contributed by atoms with Crippen LogP contribution >= 0.6 is 0 Å². The number of amides is 1. The number of hydrogen-bond donors (Lipinski definition) is 2. The van der Waals surface area contributed by atoms with Gasteiger partial charge in [0.15, 0.2) is 6.61 Å². The van der Waals surface area contributed by atoms with Gasteiger partial charge < -0.3 is 25.4 Å². The van der Waals surface area contributed by atoms with E-state index >= 15 is 0 Å². The normalized spacial score (nSPS) is 14.2. The summed E-state index contributed by atoms with van der Waals surface area (Å²) in [5, 5.41) is 2.80. The number of morpholine rings is 1. The van der Waals surface area contributed by atoms with Crippen LogP contribution in [0.25, 0.3) is 0 Å². The third-order valence-electron chi connectivity index (χ3n) is 3.78. The highest BCUT2D eigenvalue weighted by Crippen LogP contribution is 2.27. The fourth-order valence-corrected chi connectivity index (χ4v) is 2.59. The fourth-order valence-electron chi connectivity index (χ4n) is 2.59. The number of nitrogens with two attached hydrogens (primary N) is 1. The molecule has 0 saturated carbocycles. The average Bonchev–Trinajstić information content (AvgIpc) is 2.62. The largest absolute Gasteiger partial charge is 0.484 e. The predicted octanol–water partition coefficient (Wildman–Crippen LogP) is 2.12. The molecule has 0 spiro atoms. The molecule has 24 heavy (non-hydrogen) atoms. The van der Waals surface area contributed by atoms with Crippen molar-refractivity contribution < 1.29 is 14.3 Å². The maximum absolute atomic E-state index is 12.0. The maximum atomic E-state index is 12.0. The number of rotatable bonds is 5. The summed E-state index contributed by atoms with van der Waals surface area (Å²) in [6, 6.07) is 14.8. The van der Waals surface area contributed by atoms with Crippen molar-refractivity contribution in [3.05, 3.63) is 48.5 Å². The lowest BCUT2D eigenvalue weighted by Crippen LogP contribution is -2.36. The zero-order valence-electron chi connectivity index (χ0n) is 13.4. The molecule has 6 nitrogen and oxygen atoms in total. The molecule has 1 fully saturated rings. The number of nitrogens with one attached hydrogen (secondary N) is 1. The van der Waals surface area contributed by atoms with Crippen LogP contribution < -0.4 is 20.7 Å². The number of anilines is 3. The summed E-state index contributed by atoms with van der Waals surface area (Å²) in [5.74, 6) is 0.437. The Morgan fingerprint density at radius 3 is 2.62 bits per heavy atom. The van der Waals surface area contributed by atoms with Gasteiger partial charge in [-0.15, -0.1) is 0 Å². The molecule has 1 aliphatic heterocycles. The lowest BCUT2D eigenvalue weighted by atomic mass is 10.2. The Morgan fingerprint density at radius 1 is 1.17 bits per heavy atom. The summed E-state index contributed by atoms with van der Waals surface area (Å²) < 4.78 is 10.8. The summed E-state index contributed by atoms with van der Waals surface area (Å²) in [5.41, 5.74) is 8.39. The number of hydrogen-bond acceptors (Lipinski definition) is 5. The highest BCUT2D eigenvalue weighted by Gasteiger charge is 2.14. The monoisotopic (exact) mass is 327 g/mol. The summed E-state index contributed by atoms with van der Waals surface area (Å²) in [7, 11) is 0. The second-order valence-electron chi connectivity index (χ2n) is 5.52.